The Balaban J connectivity index is 1.76. The Morgan fingerprint density at radius 3 is 2.48 bits per heavy atom. The van der Waals surface area contributed by atoms with E-state index in [0.717, 1.165) is 63.9 Å². The van der Waals surface area contributed by atoms with Crippen LogP contribution in [0.5, 0.6) is 0 Å². The largest absolute Gasteiger partial charge is 0.369 e. The van der Waals surface area contributed by atoms with Gasteiger partial charge in [-0.3, -0.25) is 4.90 Å². The van der Waals surface area contributed by atoms with Gasteiger partial charge in [0.05, 0.1) is 0 Å². The van der Waals surface area contributed by atoms with Crippen LogP contribution in [0, 0.1) is 0 Å². The van der Waals surface area contributed by atoms with Crippen molar-refractivity contribution in [2.45, 2.75) is 6.54 Å². The van der Waals surface area contributed by atoms with E-state index < -0.39 is 0 Å². The first kappa shape index (κ1) is 15.1. The van der Waals surface area contributed by atoms with Gasteiger partial charge in [0.25, 0.3) is 0 Å². The second-order valence-electron chi connectivity index (χ2n) is 6.09. The van der Waals surface area contributed by atoms with E-state index in [0.29, 0.717) is 0 Å². The van der Waals surface area contributed by atoms with E-state index in [1.165, 1.54) is 11.3 Å². The molecule has 2 heterocycles. The van der Waals surface area contributed by atoms with E-state index in [9.17, 15) is 0 Å². The number of hydrogen-bond acceptors (Lipinski definition) is 4. The average Bonchev–Trinajstić information content (AvgIpc) is 2.51. The van der Waals surface area contributed by atoms with Crippen LogP contribution in [0.15, 0.2) is 18.2 Å². The molecule has 0 spiro atoms. The number of piperazine rings is 2. The van der Waals surface area contributed by atoms with E-state index in [1.54, 1.807) is 0 Å². The molecule has 1 N–H and O–H groups in total. The monoisotopic (exact) mass is 308 g/mol. The van der Waals surface area contributed by atoms with Crippen molar-refractivity contribution in [2.75, 3.05) is 64.3 Å². The summed E-state index contributed by atoms with van der Waals surface area (Å²) in [7, 11) is 2.19. The van der Waals surface area contributed by atoms with Gasteiger partial charge in [-0.1, -0.05) is 17.7 Å². The Kier molecular flexibility index (Phi) is 5.01. The quantitative estimate of drug-likeness (QED) is 0.913. The summed E-state index contributed by atoms with van der Waals surface area (Å²) in [6.45, 7) is 9.90. The molecule has 2 aliphatic rings. The van der Waals surface area contributed by atoms with E-state index in [4.69, 9.17) is 11.6 Å². The Bertz CT molecular complexity index is 465. The Morgan fingerprint density at radius 2 is 1.76 bits per heavy atom. The van der Waals surface area contributed by atoms with Gasteiger partial charge in [-0.15, -0.1) is 0 Å². The molecular weight excluding hydrogens is 284 g/mol. The number of benzene rings is 1. The summed E-state index contributed by atoms with van der Waals surface area (Å²) >= 11 is 6.25. The summed E-state index contributed by atoms with van der Waals surface area (Å²) in [6, 6.07) is 6.38. The lowest BCUT2D eigenvalue weighted by Crippen LogP contribution is -2.45. The zero-order valence-electron chi connectivity index (χ0n) is 12.8. The first-order chi connectivity index (χ1) is 10.2. The SMILES string of the molecule is CN1CCN(c2cc(Cl)ccc2CN2CCNCC2)CC1. The van der Waals surface area contributed by atoms with E-state index in [1.807, 2.05) is 6.07 Å². The molecule has 1 aromatic rings. The molecular formula is C16H25ClN4. The molecule has 5 heteroatoms. The fraction of sp³-hybridized carbons (Fsp3) is 0.625. The molecule has 0 aromatic heterocycles. The van der Waals surface area contributed by atoms with Crippen LogP contribution in [-0.4, -0.2) is 69.2 Å². The number of nitrogens with one attached hydrogen (secondary N) is 1. The number of hydrogen-bond donors (Lipinski definition) is 1. The standard InChI is InChI=1S/C16H25ClN4/c1-19-8-10-21(11-9-19)16-12-15(17)3-2-14(16)13-20-6-4-18-5-7-20/h2-3,12,18H,4-11,13H2,1H3. The lowest BCUT2D eigenvalue weighted by Gasteiger charge is -2.36. The maximum atomic E-state index is 6.25. The Labute approximate surface area is 132 Å². The van der Waals surface area contributed by atoms with Gasteiger partial charge in [-0.05, 0) is 24.7 Å². The van der Waals surface area contributed by atoms with Crippen molar-refractivity contribution >= 4 is 17.3 Å². The summed E-state index contributed by atoms with van der Waals surface area (Å²) < 4.78 is 0. The molecule has 116 valence electrons. The van der Waals surface area contributed by atoms with Crippen molar-refractivity contribution in [3.63, 3.8) is 0 Å². The molecule has 3 rings (SSSR count). The number of rotatable bonds is 3. The molecule has 0 amide bonds. The molecule has 2 saturated heterocycles. The van der Waals surface area contributed by atoms with Gasteiger partial charge >= 0.3 is 0 Å². The van der Waals surface area contributed by atoms with Gasteiger partial charge in [-0.25, -0.2) is 0 Å². The molecule has 0 radical (unpaired) electrons. The van der Waals surface area contributed by atoms with E-state index in [2.05, 4.69) is 39.2 Å². The van der Waals surface area contributed by atoms with Gasteiger partial charge in [0.15, 0.2) is 0 Å². The Morgan fingerprint density at radius 1 is 1.05 bits per heavy atom. The van der Waals surface area contributed by atoms with Crippen molar-refractivity contribution in [3.05, 3.63) is 28.8 Å². The van der Waals surface area contributed by atoms with Crippen molar-refractivity contribution < 1.29 is 0 Å². The highest BCUT2D eigenvalue weighted by Crippen LogP contribution is 2.27. The lowest BCUT2D eigenvalue weighted by molar-refractivity contribution is 0.233. The van der Waals surface area contributed by atoms with E-state index in [-0.39, 0.29) is 0 Å². The zero-order chi connectivity index (χ0) is 14.7. The van der Waals surface area contributed by atoms with Gasteiger partial charge in [0.1, 0.15) is 0 Å². The fourth-order valence-corrected chi connectivity index (χ4v) is 3.29. The summed E-state index contributed by atoms with van der Waals surface area (Å²) in [4.78, 5) is 7.40. The average molecular weight is 309 g/mol. The van der Waals surface area contributed by atoms with Crippen LogP contribution in [0.1, 0.15) is 5.56 Å². The highest BCUT2D eigenvalue weighted by molar-refractivity contribution is 6.30. The van der Waals surface area contributed by atoms with Crippen LogP contribution in [-0.2, 0) is 6.54 Å². The maximum absolute atomic E-state index is 6.25. The van der Waals surface area contributed by atoms with Gasteiger partial charge in [0, 0.05) is 69.6 Å². The van der Waals surface area contributed by atoms with Crippen LogP contribution in [0.25, 0.3) is 0 Å². The molecule has 21 heavy (non-hydrogen) atoms. The first-order valence-corrected chi connectivity index (χ1v) is 8.25. The van der Waals surface area contributed by atoms with E-state index >= 15 is 0 Å². The number of anilines is 1. The van der Waals surface area contributed by atoms with Gasteiger partial charge < -0.3 is 15.1 Å². The third kappa shape index (κ3) is 3.89. The van der Waals surface area contributed by atoms with Crippen LogP contribution >= 0.6 is 11.6 Å². The maximum Gasteiger partial charge on any atom is 0.0427 e. The molecule has 2 fully saturated rings. The minimum absolute atomic E-state index is 0.841. The highest BCUT2D eigenvalue weighted by atomic mass is 35.5. The number of halogens is 1. The second kappa shape index (κ2) is 6.97. The normalized spacial score (nSPS) is 21.7. The summed E-state index contributed by atoms with van der Waals surface area (Å²) in [5.74, 6) is 0. The predicted molar refractivity (Wildman–Crippen MR) is 89.3 cm³/mol. The molecule has 2 aliphatic heterocycles. The number of nitrogens with zero attached hydrogens (tertiary/aromatic N) is 3. The fourth-order valence-electron chi connectivity index (χ4n) is 3.12. The molecule has 0 aliphatic carbocycles. The number of likely N-dealkylation sites (N-methyl/N-ethyl adjacent to an activating group) is 1. The van der Waals surface area contributed by atoms with Crippen LogP contribution < -0.4 is 10.2 Å². The van der Waals surface area contributed by atoms with Crippen LogP contribution in [0.4, 0.5) is 5.69 Å². The third-order valence-corrected chi connectivity index (χ3v) is 4.73. The second-order valence-corrected chi connectivity index (χ2v) is 6.53. The Hall–Kier alpha value is -0.810. The van der Waals surface area contributed by atoms with Crippen molar-refractivity contribution in [3.8, 4) is 0 Å². The van der Waals surface area contributed by atoms with Crippen molar-refractivity contribution in [2.24, 2.45) is 0 Å². The van der Waals surface area contributed by atoms with Gasteiger partial charge in [0.2, 0.25) is 0 Å². The minimum Gasteiger partial charge on any atom is -0.369 e. The highest BCUT2D eigenvalue weighted by Gasteiger charge is 2.19. The van der Waals surface area contributed by atoms with Crippen molar-refractivity contribution in [1.29, 1.82) is 0 Å². The molecule has 4 nitrogen and oxygen atoms in total. The first-order valence-electron chi connectivity index (χ1n) is 7.87. The predicted octanol–water partition coefficient (Wildman–Crippen LogP) is 1.50. The topological polar surface area (TPSA) is 21.8 Å². The zero-order valence-corrected chi connectivity index (χ0v) is 13.6. The molecule has 0 atom stereocenters. The summed E-state index contributed by atoms with van der Waals surface area (Å²) in [5, 5.41) is 4.25. The van der Waals surface area contributed by atoms with Gasteiger partial charge in [-0.2, -0.15) is 0 Å². The van der Waals surface area contributed by atoms with Crippen LogP contribution in [0.3, 0.4) is 0 Å². The molecule has 0 unspecified atom stereocenters. The molecule has 0 bridgehead atoms. The smallest absolute Gasteiger partial charge is 0.0427 e. The lowest BCUT2D eigenvalue weighted by atomic mass is 10.1. The summed E-state index contributed by atoms with van der Waals surface area (Å²) in [5.41, 5.74) is 2.74. The summed E-state index contributed by atoms with van der Waals surface area (Å²) in [6.07, 6.45) is 0. The van der Waals surface area contributed by atoms with Crippen LogP contribution in [0.2, 0.25) is 5.02 Å². The third-order valence-electron chi connectivity index (χ3n) is 4.49. The molecule has 1 aromatic carbocycles. The minimum atomic E-state index is 0.841. The van der Waals surface area contributed by atoms with Crippen molar-refractivity contribution in [1.82, 2.24) is 15.1 Å². The molecule has 0 saturated carbocycles.